The van der Waals surface area contributed by atoms with Gasteiger partial charge in [0, 0.05) is 44.0 Å². The SMILES string of the molecule is COC(=O)c1cc(N2CCOCC2)ccc1NC(=O)c1ccc(CN2CC(C)OC(C)C2)cc1. The molecule has 2 unspecified atom stereocenters. The largest absolute Gasteiger partial charge is 0.465 e. The number of ether oxygens (including phenoxy) is 3. The van der Waals surface area contributed by atoms with E-state index in [1.54, 1.807) is 12.1 Å². The van der Waals surface area contributed by atoms with Crippen LogP contribution in [0.25, 0.3) is 0 Å². The molecule has 0 bridgehead atoms. The smallest absolute Gasteiger partial charge is 0.340 e. The Labute approximate surface area is 200 Å². The van der Waals surface area contributed by atoms with Crippen LogP contribution in [0.4, 0.5) is 11.4 Å². The topological polar surface area (TPSA) is 80.3 Å². The van der Waals surface area contributed by atoms with Crippen molar-refractivity contribution in [1.82, 2.24) is 4.90 Å². The second kappa shape index (κ2) is 11.0. The first kappa shape index (κ1) is 24.2. The Balaban J connectivity index is 1.44. The molecule has 2 heterocycles. The van der Waals surface area contributed by atoms with Crippen molar-refractivity contribution in [2.45, 2.75) is 32.6 Å². The average Bonchev–Trinajstić information content (AvgIpc) is 2.84. The summed E-state index contributed by atoms with van der Waals surface area (Å²) < 4.78 is 16.2. The van der Waals surface area contributed by atoms with Crippen LogP contribution in [-0.4, -0.2) is 75.5 Å². The van der Waals surface area contributed by atoms with Gasteiger partial charge in [-0.05, 0) is 49.7 Å². The van der Waals surface area contributed by atoms with E-state index < -0.39 is 5.97 Å². The van der Waals surface area contributed by atoms with Gasteiger partial charge in [-0.1, -0.05) is 12.1 Å². The number of methoxy groups -OCH3 is 1. The van der Waals surface area contributed by atoms with E-state index in [-0.39, 0.29) is 18.1 Å². The molecule has 2 aromatic rings. The fourth-order valence-corrected chi connectivity index (χ4v) is 4.57. The van der Waals surface area contributed by atoms with Gasteiger partial charge >= 0.3 is 5.97 Å². The van der Waals surface area contributed by atoms with Crippen molar-refractivity contribution >= 4 is 23.3 Å². The zero-order chi connectivity index (χ0) is 24.1. The van der Waals surface area contributed by atoms with E-state index in [2.05, 4.69) is 29.0 Å². The van der Waals surface area contributed by atoms with Crippen LogP contribution in [0.1, 0.15) is 40.1 Å². The Morgan fingerprint density at radius 1 is 1.03 bits per heavy atom. The number of esters is 1. The number of anilines is 2. The highest BCUT2D eigenvalue weighted by Crippen LogP contribution is 2.26. The van der Waals surface area contributed by atoms with Gasteiger partial charge in [-0.3, -0.25) is 9.69 Å². The molecule has 0 aliphatic carbocycles. The Morgan fingerprint density at radius 2 is 1.71 bits per heavy atom. The lowest BCUT2D eigenvalue weighted by Gasteiger charge is -2.35. The fraction of sp³-hybridized carbons (Fsp3) is 0.462. The predicted molar refractivity (Wildman–Crippen MR) is 130 cm³/mol. The third-order valence-corrected chi connectivity index (χ3v) is 6.15. The molecule has 2 aliphatic heterocycles. The Bertz CT molecular complexity index is 994. The maximum absolute atomic E-state index is 12.9. The molecule has 34 heavy (non-hydrogen) atoms. The van der Waals surface area contributed by atoms with Crippen LogP contribution in [-0.2, 0) is 20.8 Å². The molecule has 0 radical (unpaired) electrons. The van der Waals surface area contributed by atoms with Crippen LogP contribution < -0.4 is 10.2 Å². The van der Waals surface area contributed by atoms with Gasteiger partial charge in [0.05, 0.1) is 43.8 Å². The second-order valence-corrected chi connectivity index (χ2v) is 8.92. The normalized spacial score (nSPS) is 21.2. The highest BCUT2D eigenvalue weighted by molar-refractivity contribution is 6.08. The van der Waals surface area contributed by atoms with Gasteiger partial charge in [-0.15, -0.1) is 0 Å². The van der Waals surface area contributed by atoms with E-state index in [0.717, 1.165) is 44.0 Å². The first-order chi connectivity index (χ1) is 16.4. The number of nitrogens with one attached hydrogen (secondary N) is 1. The standard InChI is InChI=1S/C26H33N3O5/c1-18-15-28(16-19(2)34-18)17-20-4-6-21(7-5-20)25(30)27-24-9-8-22(14-23(24)26(31)32-3)29-10-12-33-13-11-29/h4-9,14,18-19H,10-13,15-17H2,1-3H3,(H,27,30). The summed E-state index contributed by atoms with van der Waals surface area (Å²) in [5.41, 5.74) is 3.32. The molecule has 2 fully saturated rings. The van der Waals surface area contributed by atoms with Gasteiger partial charge in [0.2, 0.25) is 0 Å². The minimum absolute atomic E-state index is 0.215. The quantitative estimate of drug-likeness (QED) is 0.654. The van der Waals surface area contributed by atoms with Crippen LogP contribution in [0.2, 0.25) is 0 Å². The number of nitrogens with zero attached hydrogens (tertiary/aromatic N) is 2. The molecule has 2 aliphatic rings. The van der Waals surface area contributed by atoms with E-state index in [0.29, 0.717) is 30.0 Å². The summed E-state index contributed by atoms with van der Waals surface area (Å²) in [7, 11) is 1.34. The van der Waals surface area contributed by atoms with Crippen LogP contribution in [0, 0.1) is 0 Å². The Kier molecular flexibility index (Phi) is 7.82. The lowest BCUT2D eigenvalue weighted by atomic mass is 10.1. The van der Waals surface area contributed by atoms with Crippen molar-refractivity contribution in [3.05, 3.63) is 59.2 Å². The summed E-state index contributed by atoms with van der Waals surface area (Å²) in [6.07, 6.45) is 0.430. The van der Waals surface area contributed by atoms with Crippen molar-refractivity contribution < 1.29 is 23.8 Å². The van der Waals surface area contributed by atoms with Crippen molar-refractivity contribution in [2.24, 2.45) is 0 Å². The lowest BCUT2D eigenvalue weighted by molar-refractivity contribution is -0.0704. The maximum Gasteiger partial charge on any atom is 0.340 e. The molecule has 1 amide bonds. The van der Waals surface area contributed by atoms with Crippen LogP contribution in [0.5, 0.6) is 0 Å². The highest BCUT2D eigenvalue weighted by atomic mass is 16.5. The van der Waals surface area contributed by atoms with Crippen molar-refractivity contribution in [2.75, 3.05) is 56.7 Å². The first-order valence-corrected chi connectivity index (χ1v) is 11.8. The lowest BCUT2D eigenvalue weighted by Crippen LogP contribution is -2.44. The zero-order valence-electron chi connectivity index (χ0n) is 20.1. The molecular weight excluding hydrogens is 434 g/mol. The van der Waals surface area contributed by atoms with Crippen molar-refractivity contribution in [1.29, 1.82) is 0 Å². The number of benzene rings is 2. The molecule has 4 rings (SSSR count). The van der Waals surface area contributed by atoms with Gasteiger partial charge in [-0.25, -0.2) is 4.79 Å². The predicted octanol–water partition coefficient (Wildman–Crippen LogP) is 3.17. The molecule has 8 nitrogen and oxygen atoms in total. The molecule has 0 aromatic heterocycles. The van der Waals surface area contributed by atoms with E-state index in [4.69, 9.17) is 14.2 Å². The van der Waals surface area contributed by atoms with Crippen molar-refractivity contribution in [3.8, 4) is 0 Å². The summed E-state index contributed by atoms with van der Waals surface area (Å²) in [4.78, 5) is 29.9. The molecule has 182 valence electrons. The minimum Gasteiger partial charge on any atom is -0.465 e. The number of rotatable bonds is 6. The van der Waals surface area contributed by atoms with Crippen LogP contribution in [0.15, 0.2) is 42.5 Å². The van der Waals surface area contributed by atoms with Crippen LogP contribution in [0.3, 0.4) is 0 Å². The molecule has 8 heteroatoms. The maximum atomic E-state index is 12.9. The number of hydrogen-bond acceptors (Lipinski definition) is 7. The van der Waals surface area contributed by atoms with Crippen LogP contribution >= 0.6 is 0 Å². The molecule has 2 saturated heterocycles. The second-order valence-electron chi connectivity index (χ2n) is 8.92. The average molecular weight is 468 g/mol. The summed E-state index contributed by atoms with van der Waals surface area (Å²) in [5.74, 6) is -0.765. The van der Waals surface area contributed by atoms with Crippen molar-refractivity contribution in [3.63, 3.8) is 0 Å². The van der Waals surface area contributed by atoms with Gasteiger partial charge < -0.3 is 24.4 Å². The number of carbonyl (C=O) groups excluding carboxylic acids is 2. The highest BCUT2D eigenvalue weighted by Gasteiger charge is 2.22. The van der Waals surface area contributed by atoms with E-state index in [1.807, 2.05) is 30.3 Å². The zero-order valence-corrected chi connectivity index (χ0v) is 20.1. The molecule has 0 spiro atoms. The summed E-state index contributed by atoms with van der Waals surface area (Å²) >= 11 is 0. The monoisotopic (exact) mass is 467 g/mol. The number of morpholine rings is 2. The molecule has 1 N–H and O–H groups in total. The van der Waals surface area contributed by atoms with Gasteiger partial charge in [0.15, 0.2) is 0 Å². The number of amides is 1. The Hall–Kier alpha value is -2.94. The summed E-state index contributed by atoms with van der Waals surface area (Å²) in [5, 5.41) is 2.87. The third kappa shape index (κ3) is 5.94. The Morgan fingerprint density at radius 3 is 2.35 bits per heavy atom. The van der Waals surface area contributed by atoms with E-state index in [9.17, 15) is 9.59 Å². The number of carbonyl (C=O) groups is 2. The fourth-order valence-electron chi connectivity index (χ4n) is 4.57. The molecule has 2 aromatic carbocycles. The van der Waals surface area contributed by atoms with E-state index >= 15 is 0 Å². The minimum atomic E-state index is -0.491. The summed E-state index contributed by atoms with van der Waals surface area (Å²) in [6, 6.07) is 13.0. The first-order valence-electron chi connectivity index (χ1n) is 11.8. The van der Waals surface area contributed by atoms with E-state index in [1.165, 1.54) is 7.11 Å². The van der Waals surface area contributed by atoms with Gasteiger partial charge in [0.1, 0.15) is 0 Å². The molecule has 0 saturated carbocycles. The van der Waals surface area contributed by atoms with Gasteiger partial charge in [-0.2, -0.15) is 0 Å². The number of hydrogen-bond donors (Lipinski definition) is 1. The third-order valence-electron chi connectivity index (χ3n) is 6.15. The summed E-state index contributed by atoms with van der Waals surface area (Å²) in [6.45, 7) is 9.57. The van der Waals surface area contributed by atoms with Gasteiger partial charge in [0.25, 0.3) is 5.91 Å². The molecule has 2 atom stereocenters. The molecular formula is C26H33N3O5.